The Bertz CT molecular complexity index is 721. The van der Waals surface area contributed by atoms with Gasteiger partial charge in [0.1, 0.15) is 0 Å². The van der Waals surface area contributed by atoms with E-state index in [0.717, 1.165) is 45.7 Å². The largest absolute Gasteiger partial charge is 0.379 e. The molecule has 9 heteroatoms. The second kappa shape index (κ2) is 14.2. The fourth-order valence-electron chi connectivity index (χ4n) is 3.81. The van der Waals surface area contributed by atoms with Gasteiger partial charge in [0.05, 0.1) is 23.9 Å². The molecular weight excluding hydrogens is 515 g/mol. The Kier molecular flexibility index (Phi) is 12.8. The Hall–Kier alpha value is -0.910. The third-order valence-electron chi connectivity index (χ3n) is 5.58. The zero-order valence-electron chi connectivity index (χ0n) is 18.3. The lowest BCUT2D eigenvalue weighted by Gasteiger charge is -2.39. The third kappa shape index (κ3) is 8.32. The van der Waals surface area contributed by atoms with Crippen LogP contribution in [0.25, 0.3) is 0 Å². The van der Waals surface area contributed by atoms with Crippen molar-refractivity contribution in [2.75, 3.05) is 52.2 Å². The number of benzene rings is 1. The van der Waals surface area contributed by atoms with Crippen LogP contribution in [0.3, 0.4) is 0 Å². The second-order valence-corrected chi connectivity index (χ2v) is 9.41. The molecule has 1 aliphatic rings. The molecule has 172 valence electrons. The summed E-state index contributed by atoms with van der Waals surface area (Å²) >= 11 is 0. The lowest BCUT2D eigenvalue weighted by atomic mass is 9.92. The van der Waals surface area contributed by atoms with Crippen molar-refractivity contribution in [1.82, 2.24) is 15.5 Å². The van der Waals surface area contributed by atoms with Crippen molar-refractivity contribution in [3.8, 4) is 0 Å². The molecule has 0 spiro atoms. The number of hydrogen-bond donors (Lipinski definition) is 2. The van der Waals surface area contributed by atoms with E-state index in [9.17, 15) is 8.42 Å². The van der Waals surface area contributed by atoms with Crippen molar-refractivity contribution in [1.29, 1.82) is 0 Å². The van der Waals surface area contributed by atoms with Gasteiger partial charge in [-0.05, 0) is 18.1 Å². The molecule has 0 bridgehead atoms. The molecule has 1 atom stereocenters. The number of ether oxygens (including phenoxy) is 1. The number of sulfone groups is 1. The molecule has 1 aliphatic heterocycles. The molecule has 2 rings (SSSR count). The molecule has 7 nitrogen and oxygen atoms in total. The minimum absolute atomic E-state index is 0. The highest BCUT2D eigenvalue weighted by atomic mass is 127. The molecule has 0 amide bonds. The van der Waals surface area contributed by atoms with Gasteiger partial charge in [-0.15, -0.1) is 24.0 Å². The van der Waals surface area contributed by atoms with Crippen LogP contribution in [0.5, 0.6) is 0 Å². The fourth-order valence-corrected chi connectivity index (χ4v) is 4.99. The monoisotopic (exact) mass is 552 g/mol. The van der Waals surface area contributed by atoms with E-state index >= 15 is 0 Å². The quantitative estimate of drug-likeness (QED) is 0.264. The highest BCUT2D eigenvalue weighted by Gasteiger charge is 2.27. The van der Waals surface area contributed by atoms with Crippen LogP contribution in [-0.4, -0.2) is 77.5 Å². The van der Waals surface area contributed by atoms with E-state index in [1.807, 2.05) is 6.07 Å². The summed E-state index contributed by atoms with van der Waals surface area (Å²) < 4.78 is 30.4. The summed E-state index contributed by atoms with van der Waals surface area (Å²) in [4.78, 5) is 7.12. The zero-order valence-corrected chi connectivity index (χ0v) is 21.5. The summed E-state index contributed by atoms with van der Waals surface area (Å²) in [6, 6.07) is 8.96. The van der Waals surface area contributed by atoms with Crippen molar-refractivity contribution in [3.63, 3.8) is 0 Å². The molecular formula is C21H37IN4O3S. The van der Waals surface area contributed by atoms with Crippen molar-refractivity contribution in [3.05, 3.63) is 30.3 Å². The standard InChI is InChI=1S/C21H36N4O3S.HI/c1-4-18(5-2)20(25-12-14-28-15-13-25)17-24-21(22-3)23-11-16-29(26,27)19-9-7-6-8-10-19;/h6-10,18,20H,4-5,11-17H2,1-3H3,(H2,22,23,24);1H. The number of hydrogen-bond acceptors (Lipinski definition) is 5. The van der Waals surface area contributed by atoms with Crippen LogP contribution in [0, 0.1) is 5.92 Å². The minimum Gasteiger partial charge on any atom is -0.379 e. The first-order valence-corrected chi connectivity index (χ1v) is 12.2. The van der Waals surface area contributed by atoms with Crippen LogP contribution in [0.2, 0.25) is 0 Å². The molecule has 1 fully saturated rings. The van der Waals surface area contributed by atoms with Gasteiger partial charge in [0.2, 0.25) is 0 Å². The van der Waals surface area contributed by atoms with Gasteiger partial charge in [0.25, 0.3) is 0 Å². The highest BCUT2D eigenvalue weighted by Crippen LogP contribution is 2.19. The predicted octanol–water partition coefficient (Wildman–Crippen LogP) is 2.38. The molecule has 30 heavy (non-hydrogen) atoms. The molecule has 0 aliphatic carbocycles. The lowest BCUT2D eigenvalue weighted by molar-refractivity contribution is 0.00272. The van der Waals surface area contributed by atoms with E-state index in [1.165, 1.54) is 0 Å². The van der Waals surface area contributed by atoms with Gasteiger partial charge in [-0.1, -0.05) is 44.9 Å². The molecule has 1 saturated heterocycles. The summed E-state index contributed by atoms with van der Waals surface area (Å²) in [6.45, 7) is 9.02. The molecule has 1 aromatic rings. The third-order valence-corrected chi connectivity index (χ3v) is 7.31. The smallest absolute Gasteiger partial charge is 0.191 e. The fraction of sp³-hybridized carbons (Fsp3) is 0.667. The Balaban J connectivity index is 0.00000450. The number of rotatable bonds is 10. The number of halogens is 1. The SMILES string of the molecule is CCC(CC)C(CNC(=NC)NCCS(=O)(=O)c1ccccc1)N1CCOCC1.I. The van der Waals surface area contributed by atoms with Crippen LogP contribution < -0.4 is 10.6 Å². The summed E-state index contributed by atoms with van der Waals surface area (Å²) in [7, 11) is -1.59. The molecule has 0 aromatic heterocycles. The maximum absolute atomic E-state index is 12.4. The molecule has 1 aromatic carbocycles. The van der Waals surface area contributed by atoms with Crippen molar-refractivity contribution < 1.29 is 13.2 Å². The molecule has 0 saturated carbocycles. The van der Waals surface area contributed by atoms with Crippen LogP contribution >= 0.6 is 24.0 Å². The topological polar surface area (TPSA) is 83.0 Å². The number of guanidine groups is 1. The average Bonchev–Trinajstić information content (AvgIpc) is 2.76. The van der Waals surface area contributed by atoms with E-state index < -0.39 is 9.84 Å². The van der Waals surface area contributed by atoms with Gasteiger partial charge < -0.3 is 15.4 Å². The molecule has 1 heterocycles. The van der Waals surface area contributed by atoms with Crippen LogP contribution in [0.4, 0.5) is 0 Å². The van der Waals surface area contributed by atoms with Crippen molar-refractivity contribution >= 4 is 39.8 Å². The first-order valence-electron chi connectivity index (χ1n) is 10.6. The molecule has 2 N–H and O–H groups in total. The zero-order chi connectivity index (χ0) is 21.1. The van der Waals surface area contributed by atoms with Crippen LogP contribution in [0.1, 0.15) is 26.7 Å². The normalized spacial score (nSPS) is 16.7. The van der Waals surface area contributed by atoms with E-state index in [0.29, 0.717) is 29.4 Å². The van der Waals surface area contributed by atoms with E-state index in [1.54, 1.807) is 31.3 Å². The van der Waals surface area contributed by atoms with Gasteiger partial charge >= 0.3 is 0 Å². The van der Waals surface area contributed by atoms with Crippen molar-refractivity contribution in [2.45, 2.75) is 37.6 Å². The van der Waals surface area contributed by atoms with E-state index in [4.69, 9.17) is 4.74 Å². The first kappa shape index (κ1) is 27.1. The number of nitrogens with one attached hydrogen (secondary N) is 2. The minimum atomic E-state index is -3.30. The van der Waals surface area contributed by atoms with E-state index in [2.05, 4.69) is 34.4 Å². The van der Waals surface area contributed by atoms with Gasteiger partial charge in [-0.2, -0.15) is 0 Å². The predicted molar refractivity (Wildman–Crippen MR) is 134 cm³/mol. The Morgan fingerprint density at radius 3 is 2.33 bits per heavy atom. The van der Waals surface area contributed by atoms with Crippen LogP contribution in [-0.2, 0) is 14.6 Å². The summed E-state index contributed by atoms with van der Waals surface area (Å²) in [5, 5.41) is 6.55. The number of nitrogens with zero attached hydrogens (tertiary/aromatic N) is 2. The first-order chi connectivity index (χ1) is 14.0. The second-order valence-electron chi connectivity index (χ2n) is 7.30. The van der Waals surface area contributed by atoms with Gasteiger partial charge in [-0.25, -0.2) is 8.42 Å². The Morgan fingerprint density at radius 2 is 1.77 bits per heavy atom. The van der Waals surface area contributed by atoms with Gasteiger partial charge in [-0.3, -0.25) is 9.89 Å². The van der Waals surface area contributed by atoms with Gasteiger partial charge in [0.15, 0.2) is 15.8 Å². The maximum atomic E-state index is 12.4. The Labute approximate surface area is 199 Å². The highest BCUT2D eigenvalue weighted by molar-refractivity contribution is 14.0. The van der Waals surface area contributed by atoms with Gasteiger partial charge in [0, 0.05) is 39.3 Å². The number of morpholine rings is 1. The molecule has 1 unspecified atom stereocenters. The summed E-state index contributed by atoms with van der Waals surface area (Å²) in [5.74, 6) is 1.26. The summed E-state index contributed by atoms with van der Waals surface area (Å²) in [6.07, 6.45) is 2.25. The van der Waals surface area contributed by atoms with Crippen LogP contribution in [0.15, 0.2) is 40.2 Å². The Morgan fingerprint density at radius 1 is 1.13 bits per heavy atom. The number of aliphatic imine (C=N–C) groups is 1. The molecule has 0 radical (unpaired) electrons. The van der Waals surface area contributed by atoms with E-state index in [-0.39, 0.29) is 29.7 Å². The lowest BCUT2D eigenvalue weighted by Crippen LogP contribution is -2.53. The summed E-state index contributed by atoms with van der Waals surface area (Å²) in [5.41, 5.74) is 0. The maximum Gasteiger partial charge on any atom is 0.191 e. The van der Waals surface area contributed by atoms with Crippen molar-refractivity contribution in [2.24, 2.45) is 10.9 Å². The average molecular weight is 553 g/mol.